The summed E-state index contributed by atoms with van der Waals surface area (Å²) in [6.45, 7) is 0. The predicted molar refractivity (Wildman–Crippen MR) is 72.3 cm³/mol. The highest BCUT2D eigenvalue weighted by atomic mass is 35.5. The molecule has 0 aliphatic carbocycles. The van der Waals surface area contributed by atoms with Gasteiger partial charge in [-0.15, -0.1) is 0 Å². The summed E-state index contributed by atoms with van der Waals surface area (Å²) in [5.41, 5.74) is 2.22. The van der Waals surface area contributed by atoms with Crippen LogP contribution in [0.5, 0.6) is 0 Å². The van der Waals surface area contributed by atoms with E-state index in [0.717, 1.165) is 17.4 Å². The van der Waals surface area contributed by atoms with Crippen LogP contribution in [0.25, 0.3) is 11.1 Å². The van der Waals surface area contributed by atoms with E-state index in [1.54, 1.807) is 30.3 Å². The smallest absolute Gasteiger partial charge is 0.150 e. The molecule has 0 saturated heterocycles. The Kier molecular flexibility index (Phi) is 3.72. The lowest BCUT2D eigenvalue weighted by atomic mass is 10.0. The molecule has 0 bridgehead atoms. The van der Waals surface area contributed by atoms with E-state index in [2.05, 4.69) is 0 Å². The van der Waals surface area contributed by atoms with E-state index in [-0.39, 0.29) is 0 Å². The van der Waals surface area contributed by atoms with Crippen molar-refractivity contribution in [1.82, 2.24) is 0 Å². The van der Waals surface area contributed by atoms with Crippen LogP contribution in [0, 0.1) is 0 Å². The van der Waals surface area contributed by atoms with Crippen molar-refractivity contribution in [3.05, 3.63) is 57.0 Å². The Hall–Kier alpha value is -1.02. The highest BCUT2D eigenvalue weighted by molar-refractivity contribution is 6.42. The van der Waals surface area contributed by atoms with Crippen molar-refractivity contribution >= 4 is 41.1 Å². The maximum atomic E-state index is 10.6. The molecule has 2 rings (SSSR count). The van der Waals surface area contributed by atoms with E-state index < -0.39 is 0 Å². The summed E-state index contributed by atoms with van der Waals surface area (Å²) in [5, 5.41) is 1.48. The molecule has 0 unspecified atom stereocenters. The van der Waals surface area contributed by atoms with Gasteiger partial charge in [-0.05, 0) is 23.8 Å². The van der Waals surface area contributed by atoms with Gasteiger partial charge in [-0.1, -0.05) is 53.0 Å². The lowest BCUT2D eigenvalue weighted by molar-refractivity contribution is 0.112. The summed E-state index contributed by atoms with van der Waals surface area (Å²) in [5.74, 6) is 0. The number of carbonyl (C=O) groups is 1. The Labute approximate surface area is 114 Å². The van der Waals surface area contributed by atoms with Crippen molar-refractivity contribution in [2.45, 2.75) is 0 Å². The highest BCUT2D eigenvalue weighted by Crippen LogP contribution is 2.32. The van der Waals surface area contributed by atoms with Crippen molar-refractivity contribution in [2.24, 2.45) is 0 Å². The molecule has 0 heterocycles. The minimum absolute atomic E-state index is 0.472. The molecular weight excluding hydrogens is 279 g/mol. The summed E-state index contributed by atoms with van der Waals surface area (Å²) in [7, 11) is 0. The number of carbonyl (C=O) groups excluding carboxylic acids is 1. The highest BCUT2D eigenvalue weighted by Gasteiger charge is 2.06. The van der Waals surface area contributed by atoms with Crippen molar-refractivity contribution in [1.29, 1.82) is 0 Å². The Balaban J connectivity index is 2.52. The first-order chi connectivity index (χ1) is 8.11. The van der Waals surface area contributed by atoms with Gasteiger partial charge in [0.15, 0.2) is 0 Å². The maximum Gasteiger partial charge on any atom is 0.150 e. The second-order valence-electron chi connectivity index (χ2n) is 3.49. The van der Waals surface area contributed by atoms with E-state index in [0.29, 0.717) is 20.6 Å². The topological polar surface area (TPSA) is 17.1 Å². The molecule has 0 aliphatic rings. The number of hydrogen-bond donors (Lipinski definition) is 0. The zero-order valence-corrected chi connectivity index (χ0v) is 10.9. The molecule has 0 aliphatic heterocycles. The zero-order chi connectivity index (χ0) is 12.4. The molecular formula is C13H7Cl3O. The van der Waals surface area contributed by atoms with Gasteiger partial charge in [0.1, 0.15) is 6.29 Å². The Morgan fingerprint density at radius 3 is 2.18 bits per heavy atom. The molecule has 0 aromatic heterocycles. The molecule has 2 aromatic carbocycles. The van der Waals surface area contributed by atoms with Crippen LogP contribution in [0.15, 0.2) is 36.4 Å². The SMILES string of the molecule is O=Cc1ccc(-c2ccc(Cl)c(Cl)c2)c(Cl)c1. The Morgan fingerprint density at radius 2 is 1.59 bits per heavy atom. The molecule has 17 heavy (non-hydrogen) atoms. The monoisotopic (exact) mass is 284 g/mol. The molecule has 0 saturated carbocycles. The fourth-order valence-electron chi connectivity index (χ4n) is 1.50. The number of benzene rings is 2. The van der Waals surface area contributed by atoms with Crippen LogP contribution < -0.4 is 0 Å². The molecule has 0 spiro atoms. The van der Waals surface area contributed by atoms with Crippen LogP contribution in [-0.2, 0) is 0 Å². The minimum atomic E-state index is 0.472. The second-order valence-corrected chi connectivity index (χ2v) is 4.71. The van der Waals surface area contributed by atoms with Crippen LogP contribution in [0.2, 0.25) is 15.1 Å². The van der Waals surface area contributed by atoms with Crippen LogP contribution in [0.3, 0.4) is 0 Å². The van der Waals surface area contributed by atoms with Gasteiger partial charge in [0, 0.05) is 16.1 Å². The third kappa shape index (κ3) is 2.63. The standard InChI is InChI=1S/C13H7Cl3O/c14-11-4-2-9(6-13(11)16)10-3-1-8(7-17)5-12(10)15/h1-7H. The van der Waals surface area contributed by atoms with Crippen LogP contribution >= 0.6 is 34.8 Å². The van der Waals surface area contributed by atoms with Gasteiger partial charge >= 0.3 is 0 Å². The normalized spacial score (nSPS) is 10.3. The van der Waals surface area contributed by atoms with Crippen molar-refractivity contribution in [3.63, 3.8) is 0 Å². The van der Waals surface area contributed by atoms with Gasteiger partial charge in [-0.3, -0.25) is 4.79 Å². The third-order valence-electron chi connectivity index (χ3n) is 2.36. The molecule has 0 atom stereocenters. The Bertz CT molecular complexity index is 579. The van der Waals surface area contributed by atoms with Gasteiger partial charge in [-0.25, -0.2) is 0 Å². The van der Waals surface area contributed by atoms with E-state index in [1.807, 2.05) is 6.07 Å². The lowest BCUT2D eigenvalue weighted by Crippen LogP contribution is -1.84. The summed E-state index contributed by atoms with van der Waals surface area (Å²) in [4.78, 5) is 10.6. The van der Waals surface area contributed by atoms with Gasteiger partial charge in [0.25, 0.3) is 0 Å². The first kappa shape index (κ1) is 12.4. The summed E-state index contributed by atoms with van der Waals surface area (Å²) >= 11 is 17.9. The molecule has 2 aromatic rings. The van der Waals surface area contributed by atoms with Gasteiger partial charge < -0.3 is 0 Å². The van der Waals surface area contributed by atoms with E-state index >= 15 is 0 Å². The average molecular weight is 286 g/mol. The molecule has 4 heteroatoms. The Morgan fingerprint density at radius 1 is 0.824 bits per heavy atom. The molecule has 86 valence electrons. The largest absolute Gasteiger partial charge is 0.298 e. The minimum Gasteiger partial charge on any atom is -0.298 e. The lowest BCUT2D eigenvalue weighted by Gasteiger charge is -2.06. The van der Waals surface area contributed by atoms with Gasteiger partial charge in [0.2, 0.25) is 0 Å². The molecule has 0 N–H and O–H groups in total. The van der Waals surface area contributed by atoms with E-state index in [9.17, 15) is 4.79 Å². The fourth-order valence-corrected chi connectivity index (χ4v) is 2.10. The summed E-state index contributed by atoms with van der Waals surface area (Å²) in [6.07, 6.45) is 0.754. The van der Waals surface area contributed by atoms with E-state index in [1.165, 1.54) is 0 Å². The number of rotatable bonds is 2. The van der Waals surface area contributed by atoms with Crippen molar-refractivity contribution < 1.29 is 4.79 Å². The predicted octanol–water partition coefficient (Wildman–Crippen LogP) is 5.13. The van der Waals surface area contributed by atoms with Crippen LogP contribution in [-0.4, -0.2) is 6.29 Å². The van der Waals surface area contributed by atoms with Crippen LogP contribution in [0.1, 0.15) is 10.4 Å². The first-order valence-electron chi connectivity index (χ1n) is 4.82. The van der Waals surface area contributed by atoms with Crippen molar-refractivity contribution in [3.8, 4) is 11.1 Å². The first-order valence-corrected chi connectivity index (χ1v) is 5.95. The number of hydrogen-bond acceptors (Lipinski definition) is 1. The maximum absolute atomic E-state index is 10.6. The third-order valence-corrected chi connectivity index (χ3v) is 3.41. The second kappa shape index (κ2) is 5.09. The molecule has 0 radical (unpaired) electrons. The number of halogens is 3. The van der Waals surface area contributed by atoms with Crippen LogP contribution in [0.4, 0.5) is 0 Å². The molecule has 0 amide bonds. The van der Waals surface area contributed by atoms with Crippen molar-refractivity contribution in [2.75, 3.05) is 0 Å². The van der Waals surface area contributed by atoms with E-state index in [4.69, 9.17) is 34.8 Å². The van der Waals surface area contributed by atoms with Gasteiger partial charge in [0.05, 0.1) is 10.0 Å². The fraction of sp³-hybridized carbons (Fsp3) is 0. The zero-order valence-electron chi connectivity index (χ0n) is 8.58. The summed E-state index contributed by atoms with van der Waals surface area (Å²) < 4.78 is 0. The average Bonchev–Trinajstić information content (AvgIpc) is 2.32. The molecule has 0 fully saturated rings. The quantitative estimate of drug-likeness (QED) is 0.699. The summed E-state index contributed by atoms with van der Waals surface area (Å²) in [6, 6.07) is 10.4. The molecule has 1 nitrogen and oxygen atoms in total. The number of aldehydes is 1. The van der Waals surface area contributed by atoms with Gasteiger partial charge in [-0.2, -0.15) is 0 Å².